The molecule has 0 saturated carbocycles. The fourth-order valence-electron chi connectivity index (χ4n) is 5.12. The fourth-order valence-corrected chi connectivity index (χ4v) is 6.32. The van der Waals surface area contributed by atoms with Crippen molar-refractivity contribution in [2.24, 2.45) is 4.36 Å². The Morgan fingerprint density at radius 2 is 2.08 bits per heavy atom. The van der Waals surface area contributed by atoms with Crippen LogP contribution in [0.2, 0.25) is 0 Å². The van der Waals surface area contributed by atoms with Crippen molar-refractivity contribution in [2.45, 2.75) is 43.0 Å². The van der Waals surface area contributed by atoms with E-state index in [1.54, 1.807) is 36.8 Å². The minimum atomic E-state index is -2.69. The molecule has 0 spiro atoms. The Bertz CT molecular complexity index is 1620. The molecule has 0 amide bonds. The highest BCUT2D eigenvalue weighted by Crippen LogP contribution is 2.33. The van der Waals surface area contributed by atoms with E-state index in [0.29, 0.717) is 41.5 Å². The van der Waals surface area contributed by atoms with E-state index in [1.807, 2.05) is 19.1 Å². The van der Waals surface area contributed by atoms with E-state index in [4.69, 9.17) is 14.2 Å². The van der Waals surface area contributed by atoms with E-state index >= 15 is 0 Å². The molecule has 2 aliphatic rings. The van der Waals surface area contributed by atoms with Gasteiger partial charge in [0, 0.05) is 48.7 Å². The first kappa shape index (κ1) is 24.8. The molecule has 0 aliphatic carbocycles. The second kappa shape index (κ2) is 10.0. The lowest BCUT2D eigenvalue weighted by molar-refractivity contribution is 0.0304. The highest BCUT2D eigenvalue weighted by molar-refractivity contribution is 7.93. The van der Waals surface area contributed by atoms with E-state index in [-0.39, 0.29) is 24.1 Å². The highest BCUT2D eigenvalue weighted by atomic mass is 32.2. The summed E-state index contributed by atoms with van der Waals surface area (Å²) in [6, 6.07) is 11.7. The predicted molar refractivity (Wildman–Crippen MR) is 141 cm³/mol. The van der Waals surface area contributed by atoms with Gasteiger partial charge in [0.15, 0.2) is 6.10 Å². The number of fused-ring (bicyclic) bond motifs is 2. The largest absolute Gasteiger partial charge is 0.485 e. The van der Waals surface area contributed by atoms with Crippen LogP contribution in [-0.4, -0.2) is 56.9 Å². The van der Waals surface area contributed by atoms with Crippen molar-refractivity contribution >= 4 is 26.3 Å². The highest BCUT2D eigenvalue weighted by Gasteiger charge is 2.43. The van der Waals surface area contributed by atoms with Crippen LogP contribution >= 0.6 is 0 Å². The summed E-state index contributed by atoms with van der Waals surface area (Å²) in [5.74, 6) is 0.0753. The van der Waals surface area contributed by atoms with Crippen LogP contribution in [0.1, 0.15) is 23.2 Å². The van der Waals surface area contributed by atoms with Crippen LogP contribution in [0.15, 0.2) is 70.4 Å². The SMILES string of the molecule is Cc1cc(N=S(C)(=O)c2cccnc2)cc2ncnc(Cc3ccc(F)cc3O[C@@H]3CO[C@@H]4CCO[C@@H]43)c12. The number of halogens is 1. The van der Waals surface area contributed by atoms with E-state index in [1.165, 1.54) is 18.5 Å². The second-order valence-electron chi connectivity index (χ2n) is 9.64. The third-order valence-corrected chi connectivity index (χ3v) is 8.61. The monoisotopic (exact) mass is 534 g/mol. The van der Waals surface area contributed by atoms with Gasteiger partial charge in [0.25, 0.3) is 0 Å². The molecule has 0 radical (unpaired) electrons. The smallest absolute Gasteiger partial charge is 0.150 e. The Morgan fingerprint density at radius 3 is 2.92 bits per heavy atom. The molecule has 38 heavy (non-hydrogen) atoms. The van der Waals surface area contributed by atoms with Crippen LogP contribution in [0.5, 0.6) is 5.75 Å². The molecule has 0 N–H and O–H groups in total. The molecule has 1 unspecified atom stereocenters. The molecular weight excluding hydrogens is 507 g/mol. The minimum absolute atomic E-state index is 0.0287. The van der Waals surface area contributed by atoms with Crippen molar-refractivity contribution in [2.75, 3.05) is 19.5 Å². The molecule has 2 aromatic heterocycles. The van der Waals surface area contributed by atoms with Crippen molar-refractivity contribution in [3.63, 3.8) is 0 Å². The van der Waals surface area contributed by atoms with Crippen molar-refractivity contribution in [3.05, 3.63) is 83.8 Å². The zero-order valence-electron chi connectivity index (χ0n) is 21.0. The number of rotatable bonds is 6. The third kappa shape index (κ3) is 4.87. The molecular formula is C28H27FN4O4S. The summed E-state index contributed by atoms with van der Waals surface area (Å²) in [5.41, 5.74) is 3.72. The van der Waals surface area contributed by atoms with Crippen LogP contribution in [0, 0.1) is 12.7 Å². The summed E-state index contributed by atoms with van der Waals surface area (Å²) < 4.78 is 49.9. The van der Waals surface area contributed by atoms with Gasteiger partial charge in [-0.05, 0) is 49.2 Å². The number of nitrogens with zero attached hydrogens (tertiary/aromatic N) is 4. The number of ether oxygens (including phenoxy) is 3. The Morgan fingerprint density at radius 1 is 1.18 bits per heavy atom. The van der Waals surface area contributed by atoms with Gasteiger partial charge < -0.3 is 14.2 Å². The number of hydrogen-bond donors (Lipinski definition) is 0. The molecule has 4 atom stereocenters. The van der Waals surface area contributed by atoms with Gasteiger partial charge in [-0.25, -0.2) is 18.6 Å². The summed E-state index contributed by atoms with van der Waals surface area (Å²) in [4.78, 5) is 13.6. The maximum atomic E-state index is 14.2. The summed E-state index contributed by atoms with van der Waals surface area (Å²) in [5, 5.41) is 0.870. The number of pyridine rings is 1. The van der Waals surface area contributed by atoms with Gasteiger partial charge in [-0.3, -0.25) is 4.98 Å². The summed E-state index contributed by atoms with van der Waals surface area (Å²) in [6.07, 6.45) is 7.15. The Kier molecular flexibility index (Phi) is 6.55. The van der Waals surface area contributed by atoms with E-state index in [2.05, 4.69) is 19.3 Å². The van der Waals surface area contributed by atoms with Crippen LogP contribution in [0.25, 0.3) is 10.9 Å². The molecule has 4 aromatic rings. The van der Waals surface area contributed by atoms with Gasteiger partial charge in [-0.2, -0.15) is 4.36 Å². The summed E-state index contributed by atoms with van der Waals surface area (Å²) >= 11 is 0. The average Bonchev–Trinajstić information content (AvgIpc) is 3.51. The molecule has 6 rings (SSSR count). The lowest BCUT2D eigenvalue weighted by Crippen LogP contribution is -2.32. The van der Waals surface area contributed by atoms with E-state index in [0.717, 1.165) is 28.6 Å². The number of aromatic nitrogens is 3. The molecule has 0 bridgehead atoms. The lowest BCUT2D eigenvalue weighted by atomic mass is 10.0. The van der Waals surface area contributed by atoms with Crippen molar-refractivity contribution in [1.29, 1.82) is 0 Å². The maximum Gasteiger partial charge on any atom is 0.150 e. The first-order chi connectivity index (χ1) is 18.4. The quantitative estimate of drug-likeness (QED) is 0.351. The van der Waals surface area contributed by atoms with Gasteiger partial charge in [-0.1, -0.05) is 6.07 Å². The number of aryl methyl sites for hydroxylation is 1. The predicted octanol–water partition coefficient (Wildman–Crippen LogP) is 4.79. The summed E-state index contributed by atoms with van der Waals surface area (Å²) in [6.45, 7) is 3.00. The topological polar surface area (TPSA) is 95.8 Å². The molecule has 2 aromatic carbocycles. The van der Waals surface area contributed by atoms with E-state index < -0.39 is 9.73 Å². The van der Waals surface area contributed by atoms with Crippen molar-refractivity contribution in [3.8, 4) is 5.75 Å². The number of hydrogen-bond acceptors (Lipinski definition) is 8. The summed E-state index contributed by atoms with van der Waals surface area (Å²) in [7, 11) is -2.69. The van der Waals surface area contributed by atoms with Gasteiger partial charge in [0.05, 0.1) is 44.2 Å². The van der Waals surface area contributed by atoms with Gasteiger partial charge >= 0.3 is 0 Å². The normalized spacial score (nSPS) is 22.2. The molecule has 2 fully saturated rings. The van der Waals surface area contributed by atoms with Gasteiger partial charge in [0.1, 0.15) is 24.0 Å². The first-order valence-corrected chi connectivity index (χ1v) is 14.3. The zero-order chi connectivity index (χ0) is 26.3. The molecule has 2 aliphatic heterocycles. The third-order valence-electron chi connectivity index (χ3n) is 6.94. The van der Waals surface area contributed by atoms with E-state index in [9.17, 15) is 8.60 Å². The standard InChI is InChI=1S/C28H27FN4O4S/c1-17-10-20(33-38(2,34)21-4-3-8-30-14-21)13-23-27(17)22(31-16-32-23)11-18-5-6-19(29)12-25(18)37-26-15-36-24-7-9-35-28(24)26/h3-6,8,10,12-14,16,24,26,28H,7,9,11,15H2,1-2H3/t24-,26-,28+,38?/m1/s1. The van der Waals surface area contributed by atoms with Crippen LogP contribution in [0.4, 0.5) is 10.1 Å². The molecule has 2 saturated heterocycles. The van der Waals surface area contributed by atoms with Crippen molar-refractivity contribution < 1.29 is 22.8 Å². The van der Waals surface area contributed by atoms with Gasteiger partial charge in [-0.15, -0.1) is 0 Å². The minimum Gasteiger partial charge on any atom is -0.485 e. The number of benzene rings is 2. The Hall–Kier alpha value is -3.47. The Balaban J connectivity index is 1.33. The second-order valence-corrected chi connectivity index (χ2v) is 11.9. The zero-order valence-corrected chi connectivity index (χ0v) is 21.9. The fraction of sp³-hybridized carbons (Fsp3) is 0.321. The van der Waals surface area contributed by atoms with Crippen LogP contribution in [0.3, 0.4) is 0 Å². The van der Waals surface area contributed by atoms with Gasteiger partial charge in [0.2, 0.25) is 0 Å². The molecule has 10 heteroatoms. The molecule has 196 valence electrons. The first-order valence-electron chi connectivity index (χ1n) is 12.4. The van der Waals surface area contributed by atoms with Crippen molar-refractivity contribution in [1.82, 2.24) is 15.0 Å². The average molecular weight is 535 g/mol. The van der Waals surface area contributed by atoms with Crippen LogP contribution < -0.4 is 4.74 Å². The molecule has 4 heterocycles. The Labute approximate surface area is 220 Å². The molecule has 8 nitrogen and oxygen atoms in total. The lowest BCUT2D eigenvalue weighted by Gasteiger charge is -2.20. The maximum absolute atomic E-state index is 14.2. The van der Waals surface area contributed by atoms with Crippen LogP contribution in [-0.2, 0) is 25.6 Å².